The molecule has 112 valence electrons. The summed E-state index contributed by atoms with van der Waals surface area (Å²) in [5.41, 5.74) is 0.942. The number of rotatable bonds is 2. The lowest BCUT2D eigenvalue weighted by Crippen LogP contribution is -2.46. The zero-order chi connectivity index (χ0) is 14.8. The third-order valence-electron chi connectivity index (χ3n) is 4.29. The largest absolute Gasteiger partial charge is 0.467 e. The maximum atomic E-state index is 12.8. The Balaban J connectivity index is 1.88. The van der Waals surface area contributed by atoms with E-state index in [1.807, 2.05) is 11.4 Å². The number of fused-ring (bicyclic) bond motifs is 1. The van der Waals surface area contributed by atoms with Gasteiger partial charge in [0.2, 0.25) is 5.91 Å². The first-order chi connectivity index (χ1) is 10.2. The summed E-state index contributed by atoms with van der Waals surface area (Å²) in [7, 11) is 1.38. The van der Waals surface area contributed by atoms with Crippen LogP contribution in [-0.4, -0.2) is 30.4 Å². The highest BCUT2D eigenvalue weighted by Gasteiger charge is 2.39. The Labute approximate surface area is 128 Å². The van der Waals surface area contributed by atoms with Crippen molar-refractivity contribution in [1.82, 2.24) is 4.90 Å². The lowest BCUT2D eigenvalue weighted by molar-refractivity contribution is -0.155. The van der Waals surface area contributed by atoms with Gasteiger partial charge >= 0.3 is 5.97 Å². The van der Waals surface area contributed by atoms with Crippen LogP contribution in [0.2, 0.25) is 0 Å². The Morgan fingerprint density at radius 2 is 2.24 bits per heavy atom. The van der Waals surface area contributed by atoms with Gasteiger partial charge in [-0.2, -0.15) is 0 Å². The number of methoxy groups -OCH3 is 1. The lowest BCUT2D eigenvalue weighted by atomic mass is 9.90. The van der Waals surface area contributed by atoms with Crippen LogP contribution in [0.25, 0.3) is 0 Å². The molecule has 0 saturated carbocycles. The summed E-state index contributed by atoms with van der Waals surface area (Å²) in [4.78, 5) is 27.9. The van der Waals surface area contributed by atoms with Crippen LogP contribution in [0.15, 0.2) is 23.6 Å². The molecular weight excluding hydrogens is 286 g/mol. The topological polar surface area (TPSA) is 46.6 Å². The molecule has 1 aliphatic carbocycles. The number of allylic oxidation sites excluding steroid dienone is 2. The van der Waals surface area contributed by atoms with E-state index < -0.39 is 6.04 Å². The van der Waals surface area contributed by atoms with Crippen molar-refractivity contribution in [2.24, 2.45) is 5.92 Å². The van der Waals surface area contributed by atoms with Crippen LogP contribution >= 0.6 is 11.3 Å². The molecule has 2 aliphatic rings. The van der Waals surface area contributed by atoms with Gasteiger partial charge in [0.1, 0.15) is 0 Å². The van der Waals surface area contributed by atoms with Crippen LogP contribution in [0.1, 0.15) is 35.7 Å². The molecule has 1 amide bonds. The third-order valence-corrected chi connectivity index (χ3v) is 5.29. The smallest absolute Gasteiger partial charge is 0.333 e. The maximum absolute atomic E-state index is 12.8. The lowest BCUT2D eigenvalue weighted by Gasteiger charge is -2.36. The van der Waals surface area contributed by atoms with E-state index >= 15 is 0 Å². The summed E-state index contributed by atoms with van der Waals surface area (Å²) in [6.45, 7) is 0.603. The first-order valence-electron chi connectivity index (χ1n) is 7.32. The van der Waals surface area contributed by atoms with E-state index in [4.69, 9.17) is 4.74 Å². The van der Waals surface area contributed by atoms with Gasteiger partial charge in [0, 0.05) is 17.3 Å². The highest BCUT2D eigenvalue weighted by atomic mass is 32.1. The zero-order valence-corrected chi connectivity index (χ0v) is 12.9. The van der Waals surface area contributed by atoms with E-state index in [9.17, 15) is 9.59 Å². The number of nitrogens with zero attached hydrogens (tertiary/aromatic N) is 1. The average molecular weight is 305 g/mol. The molecule has 2 unspecified atom stereocenters. The first-order valence-corrected chi connectivity index (χ1v) is 8.20. The van der Waals surface area contributed by atoms with E-state index in [-0.39, 0.29) is 17.8 Å². The van der Waals surface area contributed by atoms with Crippen LogP contribution in [0, 0.1) is 5.92 Å². The molecular formula is C16H19NO3S. The Hall–Kier alpha value is -1.62. The van der Waals surface area contributed by atoms with Gasteiger partial charge in [0.15, 0.2) is 6.04 Å². The minimum atomic E-state index is -0.566. The van der Waals surface area contributed by atoms with Gasteiger partial charge in [-0.1, -0.05) is 12.2 Å². The fraction of sp³-hybridized carbons (Fsp3) is 0.500. The van der Waals surface area contributed by atoms with E-state index in [1.165, 1.54) is 12.0 Å². The van der Waals surface area contributed by atoms with Crippen molar-refractivity contribution in [2.75, 3.05) is 13.7 Å². The molecule has 0 spiro atoms. The molecule has 0 saturated heterocycles. The van der Waals surface area contributed by atoms with Gasteiger partial charge in [0.05, 0.1) is 7.11 Å². The number of esters is 1. The van der Waals surface area contributed by atoms with E-state index in [0.717, 1.165) is 31.2 Å². The van der Waals surface area contributed by atoms with Crippen molar-refractivity contribution >= 4 is 23.2 Å². The van der Waals surface area contributed by atoms with Crippen LogP contribution in [0.4, 0.5) is 0 Å². The first kappa shape index (κ1) is 14.3. The Kier molecular flexibility index (Phi) is 4.10. The van der Waals surface area contributed by atoms with Gasteiger partial charge in [-0.3, -0.25) is 4.79 Å². The molecule has 0 radical (unpaired) electrons. The minimum Gasteiger partial charge on any atom is -0.467 e. The Morgan fingerprint density at radius 3 is 2.95 bits per heavy atom. The predicted octanol–water partition coefficient (Wildman–Crippen LogP) is 2.70. The molecule has 0 aromatic carbocycles. The zero-order valence-electron chi connectivity index (χ0n) is 12.1. The minimum absolute atomic E-state index is 0.00217. The number of hydrogen-bond donors (Lipinski definition) is 0. The highest BCUT2D eigenvalue weighted by molar-refractivity contribution is 7.10. The number of carbonyl (C=O) groups excluding carboxylic acids is 2. The fourth-order valence-corrected chi connectivity index (χ4v) is 4.08. The van der Waals surface area contributed by atoms with Crippen molar-refractivity contribution in [3.63, 3.8) is 0 Å². The van der Waals surface area contributed by atoms with Crippen molar-refractivity contribution < 1.29 is 14.3 Å². The molecule has 21 heavy (non-hydrogen) atoms. The summed E-state index contributed by atoms with van der Waals surface area (Å²) in [5, 5.41) is 1.98. The number of hydrogen-bond acceptors (Lipinski definition) is 4. The van der Waals surface area contributed by atoms with Crippen LogP contribution in [0.3, 0.4) is 0 Å². The van der Waals surface area contributed by atoms with Crippen molar-refractivity contribution in [3.8, 4) is 0 Å². The van der Waals surface area contributed by atoms with Crippen molar-refractivity contribution in [1.29, 1.82) is 0 Å². The van der Waals surface area contributed by atoms with Crippen molar-refractivity contribution in [2.45, 2.75) is 31.7 Å². The predicted molar refractivity (Wildman–Crippen MR) is 81.0 cm³/mol. The van der Waals surface area contributed by atoms with E-state index in [0.29, 0.717) is 6.54 Å². The maximum Gasteiger partial charge on any atom is 0.333 e. The molecule has 4 nitrogen and oxygen atoms in total. The summed E-state index contributed by atoms with van der Waals surface area (Å²) in [6, 6.07) is 1.38. The number of thiophene rings is 1. The second-order valence-corrected chi connectivity index (χ2v) is 6.49. The van der Waals surface area contributed by atoms with Crippen LogP contribution in [0.5, 0.6) is 0 Å². The molecule has 3 rings (SSSR count). The molecule has 0 bridgehead atoms. The van der Waals surface area contributed by atoms with Gasteiger partial charge in [-0.15, -0.1) is 11.3 Å². The highest BCUT2D eigenvalue weighted by Crippen LogP contribution is 2.36. The summed E-state index contributed by atoms with van der Waals surface area (Å²) in [5.74, 6) is -0.247. The summed E-state index contributed by atoms with van der Waals surface area (Å²) in [6.07, 6.45) is 7.61. The molecule has 2 heterocycles. The number of ether oxygens (including phenoxy) is 1. The number of amides is 1. The normalized spacial score (nSPS) is 24.5. The Morgan fingerprint density at radius 1 is 1.38 bits per heavy atom. The molecule has 2 atom stereocenters. The van der Waals surface area contributed by atoms with Crippen LogP contribution < -0.4 is 0 Å². The molecule has 1 aliphatic heterocycles. The molecule has 0 N–H and O–H groups in total. The molecule has 1 aromatic heterocycles. The van der Waals surface area contributed by atoms with Gasteiger partial charge in [-0.05, 0) is 42.7 Å². The standard InChI is InChI=1S/C16H19NO3S/c1-20-16(19)14-12-8-10-21-13(12)7-9-17(14)15(18)11-5-3-2-4-6-11/h2-3,8,10-11,14H,4-7,9H2,1H3. The van der Waals surface area contributed by atoms with Gasteiger partial charge in [-0.25, -0.2) is 4.79 Å². The SMILES string of the molecule is COC(=O)C1c2ccsc2CCN1C(=O)C1CC=CCC1. The van der Waals surface area contributed by atoms with E-state index in [1.54, 1.807) is 16.2 Å². The molecule has 5 heteroatoms. The second-order valence-electron chi connectivity index (χ2n) is 5.49. The Bertz CT molecular complexity index is 578. The number of carbonyl (C=O) groups is 2. The van der Waals surface area contributed by atoms with Crippen molar-refractivity contribution in [3.05, 3.63) is 34.0 Å². The summed E-state index contributed by atoms with van der Waals surface area (Å²) >= 11 is 1.65. The fourth-order valence-electron chi connectivity index (χ4n) is 3.17. The average Bonchev–Trinajstić information content (AvgIpc) is 3.01. The van der Waals surface area contributed by atoms with Gasteiger partial charge < -0.3 is 9.64 Å². The summed E-state index contributed by atoms with van der Waals surface area (Å²) < 4.78 is 4.94. The van der Waals surface area contributed by atoms with E-state index in [2.05, 4.69) is 12.2 Å². The second kappa shape index (κ2) is 6.02. The van der Waals surface area contributed by atoms with Gasteiger partial charge in [0.25, 0.3) is 0 Å². The molecule has 0 fully saturated rings. The quantitative estimate of drug-likeness (QED) is 0.623. The molecule has 1 aromatic rings. The monoisotopic (exact) mass is 305 g/mol. The third kappa shape index (κ3) is 2.62. The van der Waals surface area contributed by atoms with Crippen LogP contribution in [-0.2, 0) is 20.7 Å².